The molecule has 1 heterocycles. The van der Waals surface area contributed by atoms with Crippen LogP contribution in [0.5, 0.6) is 0 Å². The van der Waals surface area contributed by atoms with Gasteiger partial charge in [0.1, 0.15) is 11.6 Å². The first-order valence-corrected chi connectivity index (χ1v) is 9.74. The number of nitrogens with one attached hydrogen (secondary N) is 1. The van der Waals surface area contributed by atoms with Crippen molar-refractivity contribution < 1.29 is 19.4 Å². The third kappa shape index (κ3) is 3.61. The maximum atomic E-state index is 12.4. The number of aromatic nitrogens is 1. The molecule has 28 heavy (non-hydrogen) atoms. The maximum Gasteiger partial charge on any atom is 0.407 e. The summed E-state index contributed by atoms with van der Waals surface area (Å²) in [6.07, 6.45) is 0.676. The van der Waals surface area contributed by atoms with Crippen molar-refractivity contribution in [3.63, 3.8) is 0 Å². The van der Waals surface area contributed by atoms with E-state index in [-0.39, 0.29) is 18.9 Å². The first-order chi connectivity index (χ1) is 13.6. The first-order valence-electron chi connectivity index (χ1n) is 8.86. The lowest BCUT2D eigenvalue weighted by atomic mass is 9.98. The van der Waals surface area contributed by atoms with Crippen LogP contribution in [0.15, 0.2) is 60.1 Å². The van der Waals surface area contributed by atoms with Crippen molar-refractivity contribution in [2.24, 2.45) is 0 Å². The van der Waals surface area contributed by atoms with Crippen molar-refractivity contribution in [2.45, 2.75) is 18.4 Å². The topological polar surface area (TPSA) is 88.5 Å². The molecule has 1 atom stereocenters. The summed E-state index contributed by atoms with van der Waals surface area (Å²) in [5.74, 6) is -1.06. The zero-order chi connectivity index (χ0) is 19.5. The van der Waals surface area contributed by atoms with E-state index in [9.17, 15) is 9.59 Å². The van der Waals surface area contributed by atoms with E-state index in [4.69, 9.17) is 9.84 Å². The number of alkyl carbamates (subject to hydrolysis) is 1. The molecule has 4 rings (SSSR count). The Kier molecular flexibility index (Phi) is 5.08. The van der Waals surface area contributed by atoms with Crippen LogP contribution in [-0.4, -0.2) is 28.8 Å². The maximum absolute atomic E-state index is 12.4. The SMILES string of the molecule is O=C(O)CC(NC(=O)OCC1c2ccccc2-c2ccccc21)c1nccs1. The van der Waals surface area contributed by atoms with Gasteiger partial charge in [0.2, 0.25) is 0 Å². The second-order valence-electron chi connectivity index (χ2n) is 6.49. The Labute approximate surface area is 165 Å². The fourth-order valence-corrected chi connectivity index (χ4v) is 4.25. The van der Waals surface area contributed by atoms with Crippen molar-refractivity contribution in [1.29, 1.82) is 0 Å². The van der Waals surface area contributed by atoms with E-state index in [0.29, 0.717) is 5.01 Å². The second-order valence-corrected chi connectivity index (χ2v) is 7.42. The zero-order valence-corrected chi connectivity index (χ0v) is 15.7. The van der Waals surface area contributed by atoms with E-state index in [2.05, 4.69) is 22.4 Å². The van der Waals surface area contributed by atoms with E-state index in [1.807, 2.05) is 36.4 Å². The highest BCUT2D eigenvalue weighted by molar-refractivity contribution is 7.09. The third-order valence-corrected chi connectivity index (χ3v) is 5.65. The molecule has 1 amide bonds. The molecule has 0 saturated heterocycles. The number of benzene rings is 2. The Morgan fingerprint density at radius 2 is 1.75 bits per heavy atom. The Hall–Kier alpha value is -3.19. The van der Waals surface area contributed by atoms with Crippen LogP contribution < -0.4 is 5.32 Å². The summed E-state index contributed by atoms with van der Waals surface area (Å²) in [6.45, 7) is 0.178. The number of rotatable bonds is 6. The van der Waals surface area contributed by atoms with Crippen LogP contribution in [0.25, 0.3) is 11.1 Å². The summed E-state index contributed by atoms with van der Waals surface area (Å²) < 4.78 is 5.48. The molecule has 7 heteroatoms. The number of fused-ring (bicyclic) bond motifs is 3. The highest BCUT2D eigenvalue weighted by Crippen LogP contribution is 2.44. The summed E-state index contributed by atoms with van der Waals surface area (Å²) in [4.78, 5) is 27.6. The Morgan fingerprint density at radius 3 is 2.32 bits per heavy atom. The number of carboxylic acids is 1. The summed E-state index contributed by atoms with van der Waals surface area (Å²) in [6, 6.07) is 15.5. The Bertz CT molecular complexity index is 958. The van der Waals surface area contributed by atoms with Gasteiger partial charge in [-0.3, -0.25) is 4.79 Å². The van der Waals surface area contributed by atoms with E-state index < -0.39 is 18.1 Å². The van der Waals surface area contributed by atoms with Crippen LogP contribution in [0.2, 0.25) is 0 Å². The molecule has 142 valence electrons. The molecule has 0 bridgehead atoms. The molecule has 0 aliphatic heterocycles. The highest BCUT2D eigenvalue weighted by atomic mass is 32.1. The van der Waals surface area contributed by atoms with Gasteiger partial charge in [0.25, 0.3) is 0 Å². The van der Waals surface area contributed by atoms with E-state index in [1.165, 1.54) is 11.3 Å². The summed E-state index contributed by atoms with van der Waals surface area (Å²) in [5.41, 5.74) is 4.55. The smallest absolute Gasteiger partial charge is 0.407 e. The van der Waals surface area contributed by atoms with Crippen molar-refractivity contribution in [1.82, 2.24) is 10.3 Å². The van der Waals surface area contributed by atoms with Gasteiger partial charge in [0.05, 0.1) is 12.5 Å². The number of aliphatic carboxylic acids is 1. The molecule has 1 aromatic heterocycles. The summed E-state index contributed by atoms with van der Waals surface area (Å²) >= 11 is 1.30. The summed E-state index contributed by atoms with van der Waals surface area (Å²) in [7, 11) is 0. The van der Waals surface area contributed by atoms with Gasteiger partial charge in [-0.2, -0.15) is 0 Å². The molecule has 1 aliphatic carbocycles. The summed E-state index contributed by atoms with van der Waals surface area (Å²) in [5, 5.41) is 14.0. The van der Waals surface area contributed by atoms with Crippen LogP contribution in [0.1, 0.15) is 34.5 Å². The van der Waals surface area contributed by atoms with E-state index in [1.54, 1.807) is 11.6 Å². The molecule has 0 fully saturated rings. The minimum absolute atomic E-state index is 0.0454. The van der Waals surface area contributed by atoms with Gasteiger partial charge in [0, 0.05) is 17.5 Å². The highest BCUT2D eigenvalue weighted by Gasteiger charge is 2.29. The van der Waals surface area contributed by atoms with Crippen molar-refractivity contribution >= 4 is 23.4 Å². The number of thiazole rings is 1. The number of carbonyl (C=O) groups is 2. The van der Waals surface area contributed by atoms with Gasteiger partial charge < -0.3 is 15.2 Å². The normalized spacial score (nSPS) is 13.4. The Balaban J connectivity index is 1.47. The van der Waals surface area contributed by atoms with Gasteiger partial charge in [-0.05, 0) is 22.3 Å². The fraction of sp³-hybridized carbons (Fsp3) is 0.190. The third-order valence-electron chi connectivity index (χ3n) is 4.76. The van der Waals surface area contributed by atoms with Gasteiger partial charge in [0.15, 0.2) is 0 Å². The molecule has 1 unspecified atom stereocenters. The standard InChI is InChI=1S/C21H18N2O4S/c24-19(25)11-18(20-22-9-10-28-20)23-21(26)27-12-17-15-7-3-1-5-13(15)14-6-2-4-8-16(14)17/h1-10,17-18H,11-12H2,(H,23,26)(H,24,25). The van der Waals surface area contributed by atoms with Crippen molar-refractivity contribution in [3.05, 3.63) is 76.2 Å². The number of carbonyl (C=O) groups excluding carboxylic acids is 1. The second kappa shape index (κ2) is 7.82. The number of carboxylic acid groups (broad SMARTS) is 1. The van der Waals surface area contributed by atoms with Crippen molar-refractivity contribution in [3.8, 4) is 11.1 Å². The molecule has 3 aromatic rings. The molecule has 0 spiro atoms. The molecule has 0 saturated carbocycles. The molecule has 1 aliphatic rings. The van der Waals surface area contributed by atoms with E-state index >= 15 is 0 Å². The fourth-order valence-electron chi connectivity index (χ4n) is 3.56. The number of nitrogens with zero attached hydrogens (tertiary/aromatic N) is 1. The van der Waals surface area contributed by atoms with E-state index in [0.717, 1.165) is 22.3 Å². The molecular weight excluding hydrogens is 376 g/mol. The predicted octanol–water partition coefficient (Wildman–Crippen LogP) is 4.20. The zero-order valence-electron chi connectivity index (χ0n) is 14.9. The molecule has 2 N–H and O–H groups in total. The average molecular weight is 394 g/mol. The monoisotopic (exact) mass is 394 g/mol. The van der Waals surface area contributed by atoms with Crippen LogP contribution in [-0.2, 0) is 9.53 Å². The lowest BCUT2D eigenvalue weighted by Crippen LogP contribution is -2.31. The Morgan fingerprint density at radius 1 is 1.11 bits per heavy atom. The van der Waals surface area contributed by atoms with Crippen LogP contribution in [0, 0.1) is 0 Å². The largest absolute Gasteiger partial charge is 0.481 e. The van der Waals surface area contributed by atoms with Crippen molar-refractivity contribution in [2.75, 3.05) is 6.61 Å². The van der Waals surface area contributed by atoms with Crippen LogP contribution in [0.3, 0.4) is 0 Å². The number of ether oxygens (including phenoxy) is 1. The predicted molar refractivity (Wildman–Crippen MR) is 105 cm³/mol. The quantitative estimate of drug-likeness (QED) is 0.654. The first kappa shape index (κ1) is 18.2. The van der Waals surface area contributed by atoms with Crippen LogP contribution >= 0.6 is 11.3 Å². The number of amides is 1. The minimum Gasteiger partial charge on any atom is -0.481 e. The van der Waals surface area contributed by atoms with Crippen LogP contribution in [0.4, 0.5) is 4.79 Å². The minimum atomic E-state index is -1.01. The van der Waals surface area contributed by atoms with Gasteiger partial charge in [-0.25, -0.2) is 9.78 Å². The van der Waals surface area contributed by atoms with Gasteiger partial charge in [-0.1, -0.05) is 48.5 Å². The molecular formula is C21H18N2O4S. The molecule has 6 nitrogen and oxygen atoms in total. The van der Waals surface area contributed by atoms with Gasteiger partial charge >= 0.3 is 12.1 Å². The molecule has 0 radical (unpaired) electrons. The number of hydrogen-bond donors (Lipinski definition) is 2. The van der Waals surface area contributed by atoms with Gasteiger partial charge in [-0.15, -0.1) is 11.3 Å². The lowest BCUT2D eigenvalue weighted by Gasteiger charge is -2.17. The lowest BCUT2D eigenvalue weighted by molar-refractivity contribution is -0.137. The number of hydrogen-bond acceptors (Lipinski definition) is 5. The molecule has 2 aromatic carbocycles. The average Bonchev–Trinajstić information content (AvgIpc) is 3.32.